The van der Waals surface area contributed by atoms with Crippen molar-refractivity contribution < 1.29 is 0 Å². The summed E-state index contributed by atoms with van der Waals surface area (Å²) in [5.74, 6) is 0. The second kappa shape index (κ2) is 10.2. The normalized spacial score (nSPS) is 13.2. The van der Waals surface area contributed by atoms with E-state index in [0.717, 1.165) is 0 Å². The Morgan fingerprint density at radius 3 is 1.38 bits per heavy atom. The molecule has 0 saturated heterocycles. The molecule has 0 atom stereocenters. The molecule has 0 fully saturated rings. The molecule has 0 rings (SSSR count). The Hall–Kier alpha value is -1.83. The number of nitrogens with two attached hydrogens (primary N) is 1. The van der Waals surface area contributed by atoms with Crippen LogP contribution in [0.3, 0.4) is 0 Å². The minimum atomic E-state index is 1.24. The molecule has 0 aliphatic carbocycles. The zero-order valence-electron chi connectivity index (χ0n) is 7.43. The molecule has 0 spiro atoms. The first-order valence-corrected chi connectivity index (χ1v) is 3.96. The first-order valence-electron chi connectivity index (χ1n) is 3.96. The third-order valence-electron chi connectivity index (χ3n) is 1.10. The molecule has 0 heterocycles. The van der Waals surface area contributed by atoms with Gasteiger partial charge in [-0.3, -0.25) is 0 Å². The summed E-state index contributed by atoms with van der Waals surface area (Å²) < 4.78 is 0. The minimum absolute atomic E-state index is 1.24. The van der Waals surface area contributed by atoms with Crippen molar-refractivity contribution in [2.45, 2.75) is 0 Å². The maximum absolute atomic E-state index is 6.70. The predicted octanol–water partition coefficient (Wildman–Crippen LogP) is 2.33. The topological polar surface area (TPSA) is 49.9 Å². The average Bonchev–Trinajstić information content (AvgIpc) is 2.16. The molecule has 0 aromatic heterocycles. The molecule has 0 aromatic carbocycles. The van der Waals surface area contributed by atoms with E-state index in [1.807, 2.05) is 36.5 Å². The molecule has 0 saturated carbocycles. The quantitative estimate of drug-likeness (QED) is 0.487. The molecular weight excluding hydrogens is 160 g/mol. The lowest BCUT2D eigenvalue weighted by Crippen LogP contribution is -1.71. The van der Waals surface area contributed by atoms with Crippen LogP contribution in [-0.4, -0.2) is 6.21 Å². The van der Waals surface area contributed by atoms with Gasteiger partial charge >= 0.3 is 0 Å². The molecule has 13 heavy (non-hydrogen) atoms. The number of rotatable bonds is 5. The molecule has 0 aliphatic heterocycles. The lowest BCUT2D eigenvalue weighted by Gasteiger charge is -1.73. The van der Waals surface area contributed by atoms with Gasteiger partial charge in [-0.05, 0) is 18.4 Å². The van der Waals surface area contributed by atoms with Crippen molar-refractivity contribution in [2.75, 3.05) is 0 Å². The lowest BCUT2D eigenvalue weighted by molar-refractivity contribution is 1.58. The van der Waals surface area contributed by atoms with Crippen LogP contribution in [-0.2, 0) is 0 Å². The minimum Gasteiger partial charge on any atom is -0.405 e. The molecular formula is C11H14N2. The van der Waals surface area contributed by atoms with E-state index >= 15 is 0 Å². The zero-order chi connectivity index (χ0) is 9.78. The van der Waals surface area contributed by atoms with Crippen LogP contribution in [0.1, 0.15) is 0 Å². The van der Waals surface area contributed by atoms with E-state index in [1.54, 1.807) is 18.2 Å². The molecule has 0 radical (unpaired) electrons. The van der Waals surface area contributed by atoms with E-state index in [-0.39, 0.29) is 0 Å². The first-order chi connectivity index (χ1) is 6.41. The van der Waals surface area contributed by atoms with Crippen molar-refractivity contribution in [1.82, 2.24) is 0 Å². The van der Waals surface area contributed by atoms with E-state index in [0.29, 0.717) is 0 Å². The van der Waals surface area contributed by atoms with E-state index in [1.165, 1.54) is 12.4 Å². The highest BCUT2D eigenvalue weighted by Gasteiger charge is 1.61. The van der Waals surface area contributed by atoms with Crippen LogP contribution in [0, 0.1) is 5.41 Å². The van der Waals surface area contributed by atoms with Gasteiger partial charge < -0.3 is 11.1 Å². The highest BCUT2D eigenvalue weighted by Crippen LogP contribution is 1.82. The third-order valence-corrected chi connectivity index (χ3v) is 1.10. The molecule has 0 unspecified atom stereocenters. The summed E-state index contributed by atoms with van der Waals surface area (Å²) in [7, 11) is 0. The van der Waals surface area contributed by atoms with Gasteiger partial charge in [-0.15, -0.1) is 0 Å². The lowest BCUT2D eigenvalue weighted by atomic mass is 10.4. The fourth-order valence-corrected chi connectivity index (χ4v) is 0.569. The van der Waals surface area contributed by atoms with Gasteiger partial charge in [-0.25, -0.2) is 0 Å². The van der Waals surface area contributed by atoms with Crippen molar-refractivity contribution >= 4 is 6.21 Å². The smallest absolute Gasteiger partial charge is 0.0177 e. The van der Waals surface area contributed by atoms with Crippen LogP contribution in [0.5, 0.6) is 0 Å². The molecule has 68 valence electrons. The van der Waals surface area contributed by atoms with E-state index < -0.39 is 0 Å². The Kier molecular flexibility index (Phi) is 8.74. The Bertz CT molecular complexity index is 255. The summed E-state index contributed by atoms with van der Waals surface area (Å²) in [5, 5.41) is 6.70. The second-order valence-corrected chi connectivity index (χ2v) is 2.09. The largest absolute Gasteiger partial charge is 0.405 e. The SMILES string of the molecule is N=C/C=C/C=C/C=C/C=C/C=C/N. The Balaban J connectivity index is 3.68. The highest BCUT2D eigenvalue weighted by molar-refractivity contribution is 5.68. The van der Waals surface area contributed by atoms with Gasteiger partial charge in [0.2, 0.25) is 0 Å². The van der Waals surface area contributed by atoms with Gasteiger partial charge in [0, 0.05) is 6.21 Å². The third kappa shape index (κ3) is 10.2. The molecule has 3 N–H and O–H groups in total. The van der Waals surface area contributed by atoms with Crippen LogP contribution in [0.4, 0.5) is 0 Å². The van der Waals surface area contributed by atoms with Gasteiger partial charge in [0.15, 0.2) is 0 Å². The number of nitrogens with one attached hydrogen (secondary N) is 1. The van der Waals surface area contributed by atoms with Crippen molar-refractivity contribution in [2.24, 2.45) is 5.73 Å². The maximum atomic E-state index is 6.70. The molecule has 0 bridgehead atoms. The number of hydrogen-bond donors (Lipinski definition) is 2. The summed E-state index contributed by atoms with van der Waals surface area (Å²) >= 11 is 0. The fraction of sp³-hybridized carbons (Fsp3) is 0. The van der Waals surface area contributed by atoms with Crippen molar-refractivity contribution in [3.05, 3.63) is 60.9 Å². The van der Waals surface area contributed by atoms with Gasteiger partial charge in [0.1, 0.15) is 0 Å². The van der Waals surface area contributed by atoms with Gasteiger partial charge in [-0.1, -0.05) is 42.5 Å². The zero-order valence-corrected chi connectivity index (χ0v) is 7.43. The maximum Gasteiger partial charge on any atom is 0.0177 e. The highest BCUT2D eigenvalue weighted by atomic mass is 14.5. The molecule has 2 heteroatoms. The van der Waals surface area contributed by atoms with Gasteiger partial charge in [0.25, 0.3) is 0 Å². The molecule has 0 aromatic rings. The summed E-state index contributed by atoms with van der Waals surface area (Å²) in [6, 6.07) is 0. The second-order valence-electron chi connectivity index (χ2n) is 2.09. The summed E-state index contributed by atoms with van der Waals surface area (Å²) in [5.41, 5.74) is 5.12. The predicted molar refractivity (Wildman–Crippen MR) is 58.7 cm³/mol. The number of hydrogen-bond acceptors (Lipinski definition) is 2. The van der Waals surface area contributed by atoms with E-state index in [2.05, 4.69) is 0 Å². The summed E-state index contributed by atoms with van der Waals surface area (Å²) in [6.07, 6.45) is 19.2. The van der Waals surface area contributed by atoms with E-state index in [4.69, 9.17) is 11.1 Å². The Labute approximate surface area is 79.0 Å². The standard InChI is InChI=1S/C11H14N2/c12-10-8-6-4-2-1-3-5-7-9-11-13/h1-12H,13H2/b3-1+,4-2+,7-5+,8-6+,11-9+,12-10?. The molecule has 0 amide bonds. The van der Waals surface area contributed by atoms with Crippen LogP contribution in [0.25, 0.3) is 0 Å². The molecule has 0 aliphatic rings. The number of allylic oxidation sites excluding steroid dienone is 9. The summed E-state index contributed by atoms with van der Waals surface area (Å²) in [6.45, 7) is 0. The van der Waals surface area contributed by atoms with Crippen molar-refractivity contribution in [3.8, 4) is 0 Å². The Morgan fingerprint density at radius 2 is 1.00 bits per heavy atom. The average molecular weight is 174 g/mol. The van der Waals surface area contributed by atoms with Crippen LogP contribution in [0.2, 0.25) is 0 Å². The Morgan fingerprint density at radius 1 is 0.615 bits per heavy atom. The van der Waals surface area contributed by atoms with E-state index in [9.17, 15) is 0 Å². The van der Waals surface area contributed by atoms with Crippen LogP contribution >= 0.6 is 0 Å². The van der Waals surface area contributed by atoms with Gasteiger partial charge in [0.05, 0.1) is 0 Å². The monoisotopic (exact) mass is 174 g/mol. The van der Waals surface area contributed by atoms with Gasteiger partial charge in [-0.2, -0.15) is 0 Å². The van der Waals surface area contributed by atoms with Crippen molar-refractivity contribution in [3.63, 3.8) is 0 Å². The van der Waals surface area contributed by atoms with Crippen molar-refractivity contribution in [1.29, 1.82) is 5.41 Å². The van der Waals surface area contributed by atoms with Crippen LogP contribution < -0.4 is 5.73 Å². The van der Waals surface area contributed by atoms with Crippen LogP contribution in [0.15, 0.2) is 60.9 Å². The molecule has 2 nitrogen and oxygen atoms in total. The first kappa shape index (κ1) is 11.2. The fourth-order valence-electron chi connectivity index (χ4n) is 0.569. The summed E-state index contributed by atoms with van der Waals surface area (Å²) in [4.78, 5) is 0.